The predicted octanol–water partition coefficient (Wildman–Crippen LogP) is 5.38. The van der Waals surface area contributed by atoms with E-state index in [2.05, 4.69) is 30.1 Å². The summed E-state index contributed by atoms with van der Waals surface area (Å²) in [5.74, 6) is -0.0194. The second kappa shape index (κ2) is 11.1. The summed E-state index contributed by atoms with van der Waals surface area (Å²) >= 11 is 6.37. The van der Waals surface area contributed by atoms with Gasteiger partial charge in [0.2, 0.25) is 11.8 Å². The van der Waals surface area contributed by atoms with Crippen LogP contribution in [0.2, 0.25) is 5.02 Å². The van der Waals surface area contributed by atoms with Crippen LogP contribution in [0.5, 0.6) is 5.75 Å². The molecule has 0 aliphatic carbocycles. The molecule has 0 fully saturated rings. The number of hydrogen-bond acceptors (Lipinski definition) is 10. The fourth-order valence-electron chi connectivity index (χ4n) is 3.66. The smallest absolute Gasteiger partial charge is 0.417 e. The van der Waals surface area contributed by atoms with Crippen molar-refractivity contribution in [3.8, 4) is 40.5 Å². The van der Waals surface area contributed by atoms with Crippen LogP contribution in [0.15, 0.2) is 70.1 Å². The maximum absolute atomic E-state index is 12.7. The predicted molar refractivity (Wildman–Crippen MR) is 143 cm³/mol. The number of benzene rings is 2. The Morgan fingerprint density at radius 3 is 2.40 bits per heavy atom. The maximum Gasteiger partial charge on any atom is 0.573 e. The lowest BCUT2D eigenvalue weighted by atomic mass is 10.1. The highest BCUT2D eigenvalue weighted by atomic mass is 35.5. The Kier molecular flexibility index (Phi) is 7.50. The average molecular weight is 614 g/mol. The quantitative estimate of drug-likeness (QED) is 0.234. The lowest BCUT2D eigenvalue weighted by molar-refractivity contribution is -0.274. The normalized spacial score (nSPS) is 12.0. The van der Waals surface area contributed by atoms with Crippen LogP contribution in [-0.2, 0) is 9.84 Å². The molecule has 0 N–H and O–H groups in total. The largest absolute Gasteiger partial charge is 0.573 e. The second-order valence-corrected chi connectivity index (χ2v) is 10.9. The minimum absolute atomic E-state index is 0.0291. The molecule has 212 valence electrons. The number of hydrogen-bond donors (Lipinski definition) is 0. The summed E-state index contributed by atoms with van der Waals surface area (Å²) in [5.41, 5.74) is 1.42. The van der Waals surface area contributed by atoms with Crippen molar-refractivity contribution < 1.29 is 30.7 Å². The molecule has 0 saturated carbocycles. The van der Waals surface area contributed by atoms with Gasteiger partial charge in [0.05, 0.1) is 27.2 Å². The summed E-state index contributed by atoms with van der Waals surface area (Å²) in [6.45, 7) is 0. The number of aromatic nitrogens is 6. The van der Waals surface area contributed by atoms with E-state index in [9.17, 15) is 21.6 Å². The van der Waals surface area contributed by atoms with Gasteiger partial charge in [-0.1, -0.05) is 11.6 Å². The van der Waals surface area contributed by atoms with E-state index in [0.717, 1.165) is 24.6 Å². The Morgan fingerprint density at radius 1 is 1.02 bits per heavy atom. The molecule has 3 heterocycles. The van der Waals surface area contributed by atoms with Crippen molar-refractivity contribution in [3.63, 3.8) is 0 Å². The van der Waals surface area contributed by atoms with E-state index in [4.69, 9.17) is 21.3 Å². The zero-order valence-electron chi connectivity index (χ0n) is 21.1. The van der Waals surface area contributed by atoms with Crippen LogP contribution in [0.4, 0.5) is 13.2 Å². The molecule has 16 heteroatoms. The number of pyridine rings is 1. The Labute approximate surface area is 240 Å². The van der Waals surface area contributed by atoms with Gasteiger partial charge in [0.1, 0.15) is 11.4 Å². The Bertz CT molecular complexity index is 1950. The second-order valence-electron chi connectivity index (χ2n) is 8.50. The number of halogens is 4. The number of alkyl halides is 3. The van der Waals surface area contributed by atoms with Gasteiger partial charge in [-0.05, 0) is 54.6 Å². The van der Waals surface area contributed by atoms with Gasteiger partial charge in [-0.3, -0.25) is 9.55 Å². The number of nitrogens with zero attached hydrogens (tertiary/aromatic N) is 7. The first kappa shape index (κ1) is 28.5. The topological polar surface area (TPSA) is 150 Å². The molecule has 0 aliphatic rings. The summed E-state index contributed by atoms with van der Waals surface area (Å²) in [7, 11) is -3.53. The van der Waals surface area contributed by atoms with E-state index in [1.54, 1.807) is 24.3 Å². The van der Waals surface area contributed by atoms with Crippen LogP contribution in [0.1, 0.15) is 17.3 Å². The Balaban J connectivity index is 1.55. The summed E-state index contributed by atoms with van der Waals surface area (Å²) in [6.07, 6.45) is 0.133. The standard InChI is InChI=1S/C26H15ClF3N7O4S/c1-42(38,39)18-7-8-20(32-14-18)24-35-33-22(37(24)21-9-6-17(12-19(21)27)41-26(28,29)30)10-11-23-34-36-25(40-23)16-4-2-15(13-31)3-5-16/h2-12,14H,1H3/b11-10+. The number of sulfone groups is 1. The highest BCUT2D eigenvalue weighted by Gasteiger charge is 2.31. The van der Waals surface area contributed by atoms with Gasteiger partial charge in [-0.15, -0.1) is 33.6 Å². The number of rotatable bonds is 7. The van der Waals surface area contributed by atoms with Crippen molar-refractivity contribution in [3.05, 3.63) is 83.1 Å². The van der Waals surface area contributed by atoms with E-state index < -0.39 is 21.9 Å². The van der Waals surface area contributed by atoms with E-state index in [1.807, 2.05) is 6.07 Å². The van der Waals surface area contributed by atoms with E-state index >= 15 is 0 Å². The van der Waals surface area contributed by atoms with Crippen LogP contribution in [0.3, 0.4) is 0 Å². The molecule has 0 unspecified atom stereocenters. The molecule has 0 atom stereocenters. The first-order valence-corrected chi connectivity index (χ1v) is 13.9. The average Bonchev–Trinajstić information content (AvgIpc) is 3.58. The molecule has 0 spiro atoms. The van der Waals surface area contributed by atoms with Gasteiger partial charge in [-0.2, -0.15) is 5.26 Å². The first-order valence-electron chi connectivity index (χ1n) is 11.6. The van der Waals surface area contributed by atoms with Gasteiger partial charge in [0, 0.05) is 30.2 Å². The van der Waals surface area contributed by atoms with Crippen molar-refractivity contribution in [2.24, 2.45) is 0 Å². The third-order valence-electron chi connectivity index (χ3n) is 5.55. The molecular weight excluding hydrogens is 599 g/mol. The SMILES string of the molecule is CS(=O)(=O)c1ccc(-c2nnc(/C=C/c3nnc(-c4ccc(C#N)cc4)o3)n2-c2ccc(OC(F)(F)F)cc2Cl)nc1. The molecule has 3 aromatic heterocycles. The molecule has 42 heavy (non-hydrogen) atoms. The van der Waals surface area contributed by atoms with Crippen molar-refractivity contribution in [1.82, 2.24) is 29.9 Å². The van der Waals surface area contributed by atoms with Crippen molar-refractivity contribution in [2.45, 2.75) is 11.3 Å². The lowest BCUT2D eigenvalue weighted by Crippen LogP contribution is -2.17. The molecule has 5 aromatic rings. The van der Waals surface area contributed by atoms with E-state index in [0.29, 0.717) is 11.1 Å². The molecular formula is C26H15ClF3N7O4S. The van der Waals surface area contributed by atoms with Crippen LogP contribution >= 0.6 is 11.6 Å². The van der Waals surface area contributed by atoms with Gasteiger partial charge < -0.3 is 9.15 Å². The fourth-order valence-corrected chi connectivity index (χ4v) is 4.47. The molecule has 5 rings (SSSR count). The third-order valence-corrected chi connectivity index (χ3v) is 6.95. The van der Waals surface area contributed by atoms with Gasteiger partial charge in [0.25, 0.3) is 0 Å². The van der Waals surface area contributed by atoms with Crippen LogP contribution in [0.25, 0.3) is 40.8 Å². The van der Waals surface area contributed by atoms with E-state index in [-0.39, 0.29) is 44.7 Å². The summed E-state index contributed by atoms with van der Waals surface area (Å²) in [5, 5.41) is 25.1. The molecule has 0 radical (unpaired) electrons. The lowest BCUT2D eigenvalue weighted by Gasteiger charge is -2.13. The van der Waals surface area contributed by atoms with Crippen molar-refractivity contribution in [1.29, 1.82) is 5.26 Å². The highest BCUT2D eigenvalue weighted by molar-refractivity contribution is 7.90. The van der Waals surface area contributed by atoms with Gasteiger partial charge >= 0.3 is 6.36 Å². The maximum atomic E-state index is 12.7. The zero-order chi connectivity index (χ0) is 30.1. The van der Waals surface area contributed by atoms with Crippen LogP contribution in [-0.4, -0.2) is 51.0 Å². The highest BCUT2D eigenvalue weighted by Crippen LogP contribution is 2.33. The van der Waals surface area contributed by atoms with E-state index in [1.165, 1.54) is 34.9 Å². The Morgan fingerprint density at radius 2 is 1.79 bits per heavy atom. The molecule has 0 amide bonds. The van der Waals surface area contributed by atoms with Crippen LogP contribution in [0, 0.1) is 11.3 Å². The summed E-state index contributed by atoms with van der Waals surface area (Å²) < 4.78 is 73.0. The zero-order valence-corrected chi connectivity index (χ0v) is 22.7. The van der Waals surface area contributed by atoms with Gasteiger partial charge in [-0.25, -0.2) is 8.42 Å². The van der Waals surface area contributed by atoms with Crippen molar-refractivity contribution in [2.75, 3.05) is 6.26 Å². The van der Waals surface area contributed by atoms with Gasteiger partial charge in [0.15, 0.2) is 21.5 Å². The summed E-state index contributed by atoms with van der Waals surface area (Å²) in [4.78, 5) is 4.14. The number of nitriles is 1. The molecule has 11 nitrogen and oxygen atoms in total. The monoisotopic (exact) mass is 613 g/mol. The number of ether oxygens (including phenoxy) is 1. The molecule has 2 aromatic carbocycles. The molecule has 0 aliphatic heterocycles. The molecule has 0 bridgehead atoms. The minimum Gasteiger partial charge on any atom is -0.417 e. The minimum atomic E-state index is -4.92. The fraction of sp³-hybridized carbons (Fsp3) is 0.0769. The summed E-state index contributed by atoms with van der Waals surface area (Å²) in [6, 6.07) is 14.6. The Hall–Kier alpha value is -5.07. The first-order chi connectivity index (χ1) is 19.9. The van der Waals surface area contributed by atoms with Crippen LogP contribution < -0.4 is 4.74 Å². The molecule has 0 saturated heterocycles. The third kappa shape index (κ3) is 6.29. The van der Waals surface area contributed by atoms with Crippen molar-refractivity contribution >= 4 is 33.6 Å².